The number of anilines is 1. The number of alkyl carbamates (subject to hydrolysis) is 1. The van der Waals surface area contributed by atoms with Crippen molar-refractivity contribution in [3.05, 3.63) is 93.9 Å². The van der Waals surface area contributed by atoms with Gasteiger partial charge in [0.25, 0.3) is 0 Å². The smallest absolute Gasteiger partial charge is 0.449 e. The van der Waals surface area contributed by atoms with Crippen molar-refractivity contribution in [1.29, 1.82) is 0 Å². The number of rotatable bonds is 6. The van der Waals surface area contributed by atoms with Crippen LogP contribution in [-0.2, 0) is 14.0 Å². The van der Waals surface area contributed by atoms with E-state index in [1.165, 1.54) is 11.1 Å². The third-order valence-electron chi connectivity index (χ3n) is 7.70. The molecular formula is C30H32BClN2O4. The minimum Gasteiger partial charge on any atom is -0.449 e. The van der Waals surface area contributed by atoms with Crippen molar-refractivity contribution in [2.75, 3.05) is 18.9 Å². The third-order valence-corrected chi connectivity index (χ3v) is 8.03. The minimum absolute atomic E-state index is 0.0140. The maximum absolute atomic E-state index is 12.9. The summed E-state index contributed by atoms with van der Waals surface area (Å²) in [7, 11) is -0.664. The van der Waals surface area contributed by atoms with Gasteiger partial charge in [0.05, 0.1) is 11.2 Å². The van der Waals surface area contributed by atoms with Crippen LogP contribution in [0.15, 0.2) is 72.2 Å². The molecule has 5 rings (SSSR count). The Labute approximate surface area is 229 Å². The molecule has 1 aliphatic carbocycles. The average molecular weight is 531 g/mol. The summed E-state index contributed by atoms with van der Waals surface area (Å²) in [6, 6.07) is 21.8. The molecule has 0 saturated carbocycles. The first-order valence-corrected chi connectivity index (χ1v) is 13.1. The zero-order valence-corrected chi connectivity index (χ0v) is 22.8. The largest absolute Gasteiger partial charge is 0.492 e. The van der Waals surface area contributed by atoms with Crippen molar-refractivity contribution in [3.63, 3.8) is 0 Å². The first-order valence-electron chi connectivity index (χ1n) is 12.8. The number of fused-ring (bicyclic) bond motifs is 3. The minimum atomic E-state index is -0.664. The lowest BCUT2D eigenvalue weighted by atomic mass is 9.77. The first-order chi connectivity index (χ1) is 18.1. The van der Waals surface area contributed by atoms with E-state index < -0.39 is 24.4 Å². The molecule has 1 amide bonds. The molecule has 3 aromatic rings. The molecule has 0 aromatic heterocycles. The highest BCUT2D eigenvalue weighted by molar-refractivity contribution is 6.56. The molecule has 6 nitrogen and oxygen atoms in total. The van der Waals surface area contributed by atoms with Crippen LogP contribution in [0.2, 0.25) is 5.02 Å². The quantitative estimate of drug-likeness (QED) is 0.282. The van der Waals surface area contributed by atoms with Crippen LogP contribution in [-0.4, -0.2) is 37.6 Å². The summed E-state index contributed by atoms with van der Waals surface area (Å²) in [4.78, 5) is 12.9. The van der Waals surface area contributed by atoms with Gasteiger partial charge < -0.3 is 25.1 Å². The Morgan fingerprint density at radius 3 is 2.16 bits per heavy atom. The molecule has 0 radical (unpaired) electrons. The predicted octanol–water partition coefficient (Wildman–Crippen LogP) is 6.48. The lowest BCUT2D eigenvalue weighted by Crippen LogP contribution is -2.41. The Kier molecular flexibility index (Phi) is 7.03. The number of hydrogen-bond donors (Lipinski definition) is 2. The predicted molar refractivity (Wildman–Crippen MR) is 153 cm³/mol. The number of benzene rings is 3. The first kappa shape index (κ1) is 26.4. The molecule has 0 unspecified atom stereocenters. The van der Waals surface area contributed by atoms with E-state index in [0.717, 1.165) is 16.7 Å². The highest BCUT2D eigenvalue weighted by Crippen LogP contribution is 2.44. The van der Waals surface area contributed by atoms with E-state index >= 15 is 0 Å². The van der Waals surface area contributed by atoms with Gasteiger partial charge in [0, 0.05) is 23.2 Å². The van der Waals surface area contributed by atoms with E-state index in [-0.39, 0.29) is 19.1 Å². The maximum atomic E-state index is 12.9. The van der Waals surface area contributed by atoms with Gasteiger partial charge in [0.1, 0.15) is 6.61 Å². The lowest BCUT2D eigenvalue weighted by molar-refractivity contribution is 0.00578. The van der Waals surface area contributed by atoms with Crippen molar-refractivity contribution in [3.8, 4) is 11.1 Å². The zero-order valence-electron chi connectivity index (χ0n) is 22.1. The van der Waals surface area contributed by atoms with E-state index in [2.05, 4.69) is 29.6 Å². The van der Waals surface area contributed by atoms with Gasteiger partial charge in [-0.3, -0.25) is 0 Å². The van der Waals surface area contributed by atoms with Gasteiger partial charge in [-0.2, -0.15) is 0 Å². The average Bonchev–Trinajstić information content (AvgIpc) is 3.30. The van der Waals surface area contributed by atoms with Crippen molar-refractivity contribution < 1.29 is 18.8 Å². The summed E-state index contributed by atoms with van der Waals surface area (Å²) in [6.07, 6.45) is 1.35. The van der Waals surface area contributed by atoms with Crippen molar-refractivity contribution >= 4 is 36.6 Å². The number of nitrogens with two attached hydrogens (primary N) is 1. The number of carbonyl (C=O) groups is 1. The molecule has 0 spiro atoms. The summed E-state index contributed by atoms with van der Waals surface area (Å²) in [5, 5.41) is 3.38. The van der Waals surface area contributed by atoms with Crippen molar-refractivity contribution in [2.24, 2.45) is 0 Å². The normalized spacial score (nSPS) is 17.7. The molecule has 196 valence electrons. The fraction of sp³-hybridized carbons (Fsp3) is 0.300. The number of hydrogen-bond acceptors (Lipinski definition) is 5. The summed E-state index contributed by atoms with van der Waals surface area (Å²) < 4.78 is 18.2. The summed E-state index contributed by atoms with van der Waals surface area (Å²) >= 11 is 6.44. The standard InChI is InChI=1S/C30H32BClN2O4/c1-29(2)30(3,4)38-31(37-29)20(15-19-13-14-21(33)16-27(19)32)17-34-28(35)36-18-26-24-11-7-5-9-22(24)23-10-6-8-12-25(23)26/h5-16,26H,17-18,33H2,1-4H3,(H,34,35). The number of ether oxygens (including phenoxy) is 1. The number of nitrogens with one attached hydrogen (secondary N) is 1. The molecule has 3 N–H and O–H groups in total. The van der Waals surface area contributed by atoms with Crippen LogP contribution in [0.3, 0.4) is 0 Å². The van der Waals surface area contributed by atoms with Crippen LogP contribution in [0.5, 0.6) is 0 Å². The highest BCUT2D eigenvalue weighted by Gasteiger charge is 2.52. The molecule has 38 heavy (non-hydrogen) atoms. The summed E-state index contributed by atoms with van der Waals surface area (Å²) in [5.41, 5.74) is 11.5. The van der Waals surface area contributed by atoms with E-state index in [4.69, 9.17) is 31.4 Å². The molecule has 1 fully saturated rings. The summed E-state index contributed by atoms with van der Waals surface area (Å²) in [6.45, 7) is 8.34. The van der Waals surface area contributed by atoms with E-state index in [0.29, 0.717) is 16.2 Å². The van der Waals surface area contributed by atoms with Gasteiger partial charge in [0.2, 0.25) is 0 Å². The van der Waals surface area contributed by atoms with Gasteiger partial charge >= 0.3 is 13.2 Å². The lowest BCUT2D eigenvalue weighted by Gasteiger charge is -2.32. The van der Waals surface area contributed by atoms with E-state index in [1.54, 1.807) is 12.1 Å². The number of nitrogen functional groups attached to an aromatic ring is 1. The van der Waals surface area contributed by atoms with Gasteiger partial charge in [-0.05, 0) is 73.1 Å². The van der Waals surface area contributed by atoms with E-state index in [1.807, 2.05) is 64.1 Å². The van der Waals surface area contributed by atoms with E-state index in [9.17, 15) is 4.79 Å². The Hall–Kier alpha value is -3.26. The summed E-state index contributed by atoms with van der Waals surface area (Å²) in [5.74, 6) is -0.0140. The second-order valence-corrected chi connectivity index (χ2v) is 11.2. The van der Waals surface area contributed by atoms with Crippen LogP contribution in [0.1, 0.15) is 50.3 Å². The second-order valence-electron chi connectivity index (χ2n) is 10.8. The Bertz CT molecular complexity index is 1340. The molecule has 0 bridgehead atoms. The number of carbonyl (C=O) groups excluding carboxylic acids is 1. The van der Waals surface area contributed by atoms with Crippen molar-refractivity contribution in [1.82, 2.24) is 5.32 Å². The van der Waals surface area contributed by atoms with Crippen LogP contribution in [0, 0.1) is 0 Å². The Morgan fingerprint density at radius 2 is 1.58 bits per heavy atom. The molecule has 1 heterocycles. The molecular weight excluding hydrogens is 499 g/mol. The third kappa shape index (κ3) is 5.06. The fourth-order valence-electron chi connectivity index (χ4n) is 4.88. The topological polar surface area (TPSA) is 82.8 Å². The monoisotopic (exact) mass is 530 g/mol. The molecule has 3 aromatic carbocycles. The van der Waals surface area contributed by atoms with Crippen LogP contribution in [0.4, 0.5) is 10.5 Å². The van der Waals surface area contributed by atoms with Crippen LogP contribution in [0.25, 0.3) is 17.2 Å². The maximum Gasteiger partial charge on any atom is 0.492 e. The molecule has 0 atom stereocenters. The van der Waals surface area contributed by atoms with Gasteiger partial charge in [0.15, 0.2) is 0 Å². The SMILES string of the molecule is CC1(C)OB(C(=Cc2ccc(N)cc2Cl)CNC(=O)OCC2c3ccccc3-c3ccccc32)OC1(C)C. The Balaban J connectivity index is 1.31. The van der Waals surface area contributed by atoms with Crippen LogP contribution < -0.4 is 11.1 Å². The zero-order chi connectivity index (χ0) is 27.1. The van der Waals surface area contributed by atoms with Crippen molar-refractivity contribution in [2.45, 2.75) is 44.8 Å². The van der Waals surface area contributed by atoms with Gasteiger partial charge in [-0.25, -0.2) is 4.79 Å². The van der Waals surface area contributed by atoms with Crippen LogP contribution >= 0.6 is 11.6 Å². The Morgan fingerprint density at radius 1 is 1.00 bits per heavy atom. The van der Waals surface area contributed by atoms with Gasteiger partial charge in [-0.1, -0.05) is 72.3 Å². The highest BCUT2D eigenvalue weighted by atomic mass is 35.5. The molecule has 8 heteroatoms. The second kappa shape index (κ2) is 10.1. The number of halogens is 1. The molecule has 2 aliphatic rings. The molecule has 1 aliphatic heterocycles. The number of amides is 1. The fourth-order valence-corrected chi connectivity index (χ4v) is 5.12. The van der Waals surface area contributed by atoms with Gasteiger partial charge in [-0.15, -0.1) is 0 Å². The molecule has 1 saturated heterocycles.